The molecule has 0 aliphatic rings. The van der Waals surface area contributed by atoms with Gasteiger partial charge in [0.1, 0.15) is 22.5 Å². The minimum absolute atomic E-state index is 0.0232. The van der Waals surface area contributed by atoms with Gasteiger partial charge in [0.25, 0.3) is 11.5 Å². The van der Waals surface area contributed by atoms with E-state index >= 15 is 0 Å². The maximum atomic E-state index is 13.2. The lowest BCUT2D eigenvalue weighted by Crippen LogP contribution is -2.36. The second-order valence-corrected chi connectivity index (χ2v) is 7.72. The normalized spacial score (nSPS) is 11.5. The van der Waals surface area contributed by atoms with E-state index < -0.39 is 5.91 Å². The highest BCUT2D eigenvalue weighted by atomic mass is 16.3. The second-order valence-electron chi connectivity index (χ2n) is 7.72. The molecule has 30 heavy (non-hydrogen) atoms. The van der Waals surface area contributed by atoms with Crippen LogP contribution >= 0.6 is 0 Å². The zero-order valence-electron chi connectivity index (χ0n) is 17.1. The Labute approximate surface area is 172 Å². The fraction of sp³-hybridized carbons (Fsp3) is 0.273. The number of aromatic nitrogens is 3. The lowest BCUT2D eigenvalue weighted by molar-refractivity contribution is 0.0946. The maximum absolute atomic E-state index is 13.2. The van der Waals surface area contributed by atoms with E-state index in [1.54, 1.807) is 35.2 Å². The van der Waals surface area contributed by atoms with Crippen LogP contribution in [0.25, 0.3) is 16.7 Å². The van der Waals surface area contributed by atoms with Gasteiger partial charge in [-0.05, 0) is 42.7 Å². The summed E-state index contributed by atoms with van der Waals surface area (Å²) in [5, 5.41) is 11.8. The molecule has 1 amide bonds. The molecule has 0 saturated carbocycles. The largest absolute Gasteiger partial charge is 0.467 e. The monoisotopic (exact) mass is 405 g/mol. The predicted octanol–water partition coefficient (Wildman–Crippen LogP) is 2.46. The Morgan fingerprint density at radius 3 is 2.77 bits per heavy atom. The standard InChI is InChI=1S/C22H23N5O3/c1-13(2)11-24-21(28)16-10-17-20(27(18(16)23)12-15-7-5-9-30-15)25-19-14(3)6-4-8-26(19)22(17)29/h4-10,13,23H,11-12H2,1-3H3,(H,24,28). The van der Waals surface area contributed by atoms with Crippen molar-refractivity contribution in [3.63, 3.8) is 0 Å². The molecule has 0 saturated heterocycles. The van der Waals surface area contributed by atoms with Gasteiger partial charge in [0.05, 0.1) is 23.8 Å². The van der Waals surface area contributed by atoms with Crippen molar-refractivity contribution in [1.29, 1.82) is 5.41 Å². The zero-order chi connectivity index (χ0) is 21.4. The molecule has 0 radical (unpaired) electrons. The highest BCUT2D eigenvalue weighted by Gasteiger charge is 2.18. The molecule has 0 aliphatic heterocycles. The first-order valence-electron chi connectivity index (χ1n) is 9.77. The average Bonchev–Trinajstić information content (AvgIpc) is 3.22. The van der Waals surface area contributed by atoms with Crippen LogP contribution in [0.3, 0.4) is 0 Å². The van der Waals surface area contributed by atoms with Crippen LogP contribution in [-0.4, -0.2) is 26.4 Å². The second kappa shape index (κ2) is 7.62. The number of aryl methyl sites for hydroxylation is 1. The van der Waals surface area contributed by atoms with Crippen LogP contribution in [0, 0.1) is 18.3 Å². The highest BCUT2D eigenvalue weighted by molar-refractivity contribution is 5.96. The van der Waals surface area contributed by atoms with Gasteiger partial charge in [0.2, 0.25) is 0 Å². The molecular formula is C22H23N5O3. The summed E-state index contributed by atoms with van der Waals surface area (Å²) in [7, 11) is 0. The number of hydrogen-bond donors (Lipinski definition) is 2. The number of carbonyl (C=O) groups is 1. The molecule has 2 N–H and O–H groups in total. The van der Waals surface area contributed by atoms with Crippen molar-refractivity contribution in [3.05, 3.63) is 75.5 Å². The molecule has 4 aromatic heterocycles. The quantitative estimate of drug-likeness (QED) is 0.498. The lowest BCUT2D eigenvalue weighted by Gasteiger charge is -2.15. The van der Waals surface area contributed by atoms with E-state index in [9.17, 15) is 9.59 Å². The molecule has 4 rings (SSSR count). The van der Waals surface area contributed by atoms with E-state index in [0.29, 0.717) is 23.6 Å². The molecule has 8 heteroatoms. The minimum Gasteiger partial charge on any atom is -0.467 e. The van der Waals surface area contributed by atoms with E-state index in [1.807, 2.05) is 26.8 Å². The van der Waals surface area contributed by atoms with E-state index in [1.165, 1.54) is 10.5 Å². The van der Waals surface area contributed by atoms with Crippen LogP contribution in [0.4, 0.5) is 0 Å². The van der Waals surface area contributed by atoms with Gasteiger partial charge in [-0.2, -0.15) is 0 Å². The van der Waals surface area contributed by atoms with Gasteiger partial charge in [-0.25, -0.2) is 4.98 Å². The van der Waals surface area contributed by atoms with Crippen molar-refractivity contribution >= 4 is 22.6 Å². The molecule has 8 nitrogen and oxygen atoms in total. The first kappa shape index (κ1) is 19.6. The van der Waals surface area contributed by atoms with Crippen molar-refractivity contribution < 1.29 is 9.21 Å². The summed E-state index contributed by atoms with van der Waals surface area (Å²) in [6, 6.07) is 8.66. The average molecular weight is 405 g/mol. The summed E-state index contributed by atoms with van der Waals surface area (Å²) in [5.74, 6) is 0.469. The van der Waals surface area contributed by atoms with Crippen LogP contribution in [0.1, 0.15) is 35.5 Å². The van der Waals surface area contributed by atoms with Gasteiger partial charge in [0, 0.05) is 12.7 Å². The van der Waals surface area contributed by atoms with E-state index in [-0.39, 0.29) is 34.5 Å². The molecule has 0 unspecified atom stereocenters. The number of nitrogens with one attached hydrogen (secondary N) is 2. The Balaban J connectivity index is 2.02. The van der Waals surface area contributed by atoms with Crippen molar-refractivity contribution in [1.82, 2.24) is 19.3 Å². The summed E-state index contributed by atoms with van der Waals surface area (Å²) in [6.45, 7) is 6.51. The van der Waals surface area contributed by atoms with Crippen LogP contribution < -0.4 is 16.4 Å². The third kappa shape index (κ3) is 3.41. The number of carbonyl (C=O) groups excluding carboxylic acids is 1. The number of pyridine rings is 2. The number of nitrogens with zero attached hydrogens (tertiary/aromatic N) is 3. The van der Waals surface area contributed by atoms with Crippen LogP contribution in [0.15, 0.2) is 52.0 Å². The van der Waals surface area contributed by atoms with Crippen LogP contribution in [-0.2, 0) is 6.54 Å². The van der Waals surface area contributed by atoms with Gasteiger partial charge < -0.3 is 14.3 Å². The Kier molecular flexibility index (Phi) is 4.99. The number of rotatable bonds is 5. The first-order chi connectivity index (χ1) is 14.4. The number of fused-ring (bicyclic) bond motifs is 2. The summed E-state index contributed by atoms with van der Waals surface area (Å²) < 4.78 is 8.46. The third-order valence-electron chi connectivity index (χ3n) is 4.94. The first-order valence-corrected chi connectivity index (χ1v) is 9.77. The molecule has 0 spiro atoms. The summed E-state index contributed by atoms with van der Waals surface area (Å²) in [5.41, 5.74) is 1.51. The summed E-state index contributed by atoms with van der Waals surface area (Å²) in [4.78, 5) is 30.7. The molecular weight excluding hydrogens is 382 g/mol. The number of furan rings is 1. The van der Waals surface area contributed by atoms with Gasteiger partial charge in [-0.15, -0.1) is 0 Å². The molecule has 154 valence electrons. The van der Waals surface area contributed by atoms with Crippen molar-refractivity contribution in [2.75, 3.05) is 6.54 Å². The Hall–Kier alpha value is -3.68. The third-order valence-corrected chi connectivity index (χ3v) is 4.94. The maximum Gasteiger partial charge on any atom is 0.267 e. The molecule has 0 aliphatic carbocycles. The highest BCUT2D eigenvalue weighted by Crippen LogP contribution is 2.14. The Morgan fingerprint density at radius 1 is 1.27 bits per heavy atom. The molecule has 0 atom stereocenters. The fourth-order valence-corrected chi connectivity index (χ4v) is 3.37. The van der Waals surface area contributed by atoms with E-state index in [2.05, 4.69) is 10.3 Å². The fourth-order valence-electron chi connectivity index (χ4n) is 3.37. The number of hydrogen-bond acceptors (Lipinski definition) is 5. The smallest absolute Gasteiger partial charge is 0.267 e. The molecule has 4 aromatic rings. The molecule has 0 bridgehead atoms. The van der Waals surface area contributed by atoms with E-state index in [4.69, 9.17) is 9.83 Å². The van der Waals surface area contributed by atoms with E-state index in [0.717, 1.165) is 5.56 Å². The van der Waals surface area contributed by atoms with Crippen molar-refractivity contribution in [2.45, 2.75) is 27.3 Å². The van der Waals surface area contributed by atoms with Crippen molar-refractivity contribution in [3.8, 4) is 0 Å². The van der Waals surface area contributed by atoms with Crippen LogP contribution in [0.2, 0.25) is 0 Å². The van der Waals surface area contributed by atoms with Crippen LogP contribution in [0.5, 0.6) is 0 Å². The molecule has 4 heterocycles. The topological polar surface area (TPSA) is 105 Å². The molecule has 0 fully saturated rings. The number of amides is 1. The van der Waals surface area contributed by atoms with Gasteiger partial charge in [-0.1, -0.05) is 19.9 Å². The lowest BCUT2D eigenvalue weighted by atomic mass is 10.1. The van der Waals surface area contributed by atoms with Gasteiger partial charge in [0.15, 0.2) is 0 Å². The minimum atomic E-state index is -0.391. The van der Waals surface area contributed by atoms with Crippen molar-refractivity contribution in [2.24, 2.45) is 5.92 Å². The SMILES string of the molecule is Cc1cccn2c(=O)c3cc(C(=O)NCC(C)C)c(=N)n(Cc4ccco4)c3nc12. The zero-order valence-corrected chi connectivity index (χ0v) is 17.1. The van der Waals surface area contributed by atoms with Gasteiger partial charge >= 0.3 is 0 Å². The Bertz CT molecular complexity index is 1360. The summed E-state index contributed by atoms with van der Waals surface area (Å²) >= 11 is 0. The van der Waals surface area contributed by atoms with Gasteiger partial charge in [-0.3, -0.25) is 19.4 Å². The Morgan fingerprint density at radius 2 is 2.07 bits per heavy atom. The summed E-state index contributed by atoms with van der Waals surface area (Å²) in [6.07, 6.45) is 3.20. The predicted molar refractivity (Wildman–Crippen MR) is 113 cm³/mol. The molecule has 0 aromatic carbocycles.